The Hall–Kier alpha value is -3.08. The summed E-state index contributed by atoms with van der Waals surface area (Å²) in [6, 6.07) is 17.5. The fraction of sp³-hybridized carbons (Fsp3) is 0.273. The van der Waals surface area contributed by atoms with E-state index in [-0.39, 0.29) is 5.91 Å². The molecule has 0 aliphatic carbocycles. The molecule has 3 aromatic rings. The molecule has 0 unspecified atom stereocenters. The molecule has 0 atom stereocenters. The third-order valence-corrected chi connectivity index (χ3v) is 4.22. The van der Waals surface area contributed by atoms with Crippen molar-refractivity contribution in [1.29, 1.82) is 0 Å². The fourth-order valence-corrected chi connectivity index (χ4v) is 2.67. The molecule has 0 saturated carbocycles. The van der Waals surface area contributed by atoms with Gasteiger partial charge in [-0.3, -0.25) is 4.79 Å². The Morgan fingerprint density at radius 2 is 1.81 bits per heavy atom. The van der Waals surface area contributed by atoms with E-state index in [0.29, 0.717) is 31.9 Å². The van der Waals surface area contributed by atoms with Gasteiger partial charge < -0.3 is 14.5 Å². The molecule has 3 rings (SSSR count). The summed E-state index contributed by atoms with van der Waals surface area (Å²) in [6.45, 7) is 4.82. The maximum Gasteiger partial charge on any atom is 0.226 e. The van der Waals surface area contributed by atoms with Crippen molar-refractivity contribution in [2.75, 3.05) is 13.2 Å². The van der Waals surface area contributed by atoms with Crippen LogP contribution in [0.15, 0.2) is 59.0 Å². The van der Waals surface area contributed by atoms with Gasteiger partial charge in [-0.05, 0) is 38.1 Å². The van der Waals surface area contributed by atoms with Crippen LogP contribution < -0.4 is 10.1 Å². The molecule has 140 valence electrons. The number of carbonyl (C=O) groups is 1. The van der Waals surface area contributed by atoms with Gasteiger partial charge in [0.1, 0.15) is 11.5 Å². The molecular formula is C22H24N2O3. The van der Waals surface area contributed by atoms with Gasteiger partial charge in [-0.15, -0.1) is 0 Å². The molecule has 0 radical (unpaired) electrons. The Morgan fingerprint density at radius 3 is 2.56 bits per heavy atom. The lowest BCUT2D eigenvalue weighted by molar-refractivity contribution is -0.121. The minimum Gasteiger partial charge on any atom is -0.493 e. The quantitative estimate of drug-likeness (QED) is 0.654. The molecule has 2 aromatic carbocycles. The summed E-state index contributed by atoms with van der Waals surface area (Å²) < 4.78 is 11.3. The standard InChI is InChI=1S/C22H24N2O3/c1-16-8-10-18(11-9-16)22-24-20(17(2)27-22)12-14-23-21(25)13-15-26-19-6-4-3-5-7-19/h3-11H,12-15H2,1-2H3,(H,23,25). The van der Waals surface area contributed by atoms with Crippen LogP contribution in [0.25, 0.3) is 11.5 Å². The molecule has 0 spiro atoms. The van der Waals surface area contributed by atoms with Crippen molar-refractivity contribution >= 4 is 5.91 Å². The summed E-state index contributed by atoms with van der Waals surface area (Å²) in [5.74, 6) is 2.13. The molecular weight excluding hydrogens is 340 g/mol. The van der Waals surface area contributed by atoms with E-state index in [1.165, 1.54) is 5.56 Å². The normalized spacial score (nSPS) is 10.6. The second-order valence-corrected chi connectivity index (χ2v) is 6.40. The summed E-state index contributed by atoms with van der Waals surface area (Å²) in [7, 11) is 0. The average molecular weight is 364 g/mol. The second-order valence-electron chi connectivity index (χ2n) is 6.40. The zero-order valence-electron chi connectivity index (χ0n) is 15.7. The molecule has 0 aliphatic rings. The van der Waals surface area contributed by atoms with Gasteiger partial charge in [0.2, 0.25) is 11.8 Å². The number of aromatic nitrogens is 1. The third-order valence-electron chi connectivity index (χ3n) is 4.22. The first-order chi connectivity index (χ1) is 13.1. The maximum atomic E-state index is 11.9. The van der Waals surface area contributed by atoms with Crippen molar-refractivity contribution < 1.29 is 13.9 Å². The first-order valence-electron chi connectivity index (χ1n) is 9.10. The molecule has 0 bridgehead atoms. The zero-order valence-corrected chi connectivity index (χ0v) is 15.7. The van der Waals surface area contributed by atoms with E-state index >= 15 is 0 Å². The Morgan fingerprint density at radius 1 is 1.07 bits per heavy atom. The summed E-state index contributed by atoms with van der Waals surface area (Å²) in [6.07, 6.45) is 0.952. The van der Waals surface area contributed by atoms with Crippen LogP contribution in [0.5, 0.6) is 5.75 Å². The smallest absolute Gasteiger partial charge is 0.226 e. The molecule has 0 aliphatic heterocycles. The highest BCUT2D eigenvalue weighted by Gasteiger charge is 2.11. The van der Waals surface area contributed by atoms with Crippen LogP contribution in [0.2, 0.25) is 0 Å². The van der Waals surface area contributed by atoms with Gasteiger partial charge >= 0.3 is 0 Å². The minimum absolute atomic E-state index is 0.0363. The number of amides is 1. The molecule has 1 heterocycles. The van der Waals surface area contributed by atoms with E-state index in [2.05, 4.69) is 10.3 Å². The SMILES string of the molecule is Cc1ccc(-c2nc(CCNC(=O)CCOc3ccccc3)c(C)o2)cc1. The average Bonchev–Trinajstić information content (AvgIpc) is 3.04. The van der Waals surface area contributed by atoms with Gasteiger partial charge in [0.15, 0.2) is 0 Å². The van der Waals surface area contributed by atoms with E-state index in [0.717, 1.165) is 22.8 Å². The van der Waals surface area contributed by atoms with Crippen LogP contribution >= 0.6 is 0 Å². The van der Waals surface area contributed by atoms with E-state index in [1.807, 2.05) is 68.4 Å². The molecule has 0 fully saturated rings. The number of rotatable bonds is 8. The van der Waals surface area contributed by atoms with Gasteiger partial charge in [0.05, 0.1) is 18.7 Å². The number of oxazole rings is 1. The summed E-state index contributed by atoms with van der Waals surface area (Å²) >= 11 is 0. The lowest BCUT2D eigenvalue weighted by Gasteiger charge is -2.06. The Kier molecular flexibility index (Phi) is 6.26. The van der Waals surface area contributed by atoms with Gasteiger partial charge in [-0.25, -0.2) is 4.98 Å². The highest BCUT2D eigenvalue weighted by Crippen LogP contribution is 2.22. The Balaban J connectivity index is 1.43. The number of hydrogen-bond donors (Lipinski definition) is 1. The van der Waals surface area contributed by atoms with Crippen molar-refractivity contribution in [2.45, 2.75) is 26.7 Å². The number of aryl methyl sites for hydroxylation is 2. The number of nitrogens with zero attached hydrogens (tertiary/aromatic N) is 1. The summed E-state index contributed by atoms with van der Waals surface area (Å²) in [5.41, 5.74) is 3.02. The topological polar surface area (TPSA) is 64.4 Å². The molecule has 1 amide bonds. The maximum absolute atomic E-state index is 11.9. The minimum atomic E-state index is -0.0363. The second kappa shape index (κ2) is 9.03. The van der Waals surface area contributed by atoms with E-state index < -0.39 is 0 Å². The fourth-order valence-electron chi connectivity index (χ4n) is 2.67. The van der Waals surface area contributed by atoms with Gasteiger partial charge in [0, 0.05) is 18.5 Å². The third kappa shape index (κ3) is 5.45. The van der Waals surface area contributed by atoms with Crippen LogP contribution in [0, 0.1) is 13.8 Å². The summed E-state index contributed by atoms with van der Waals surface area (Å²) in [5, 5.41) is 2.90. The molecule has 5 nitrogen and oxygen atoms in total. The van der Waals surface area contributed by atoms with E-state index in [4.69, 9.17) is 9.15 Å². The van der Waals surface area contributed by atoms with Gasteiger partial charge in [-0.1, -0.05) is 35.9 Å². The first kappa shape index (κ1) is 18.7. The largest absolute Gasteiger partial charge is 0.493 e. The molecule has 0 saturated heterocycles. The van der Waals surface area contributed by atoms with Crippen molar-refractivity contribution in [3.8, 4) is 17.2 Å². The van der Waals surface area contributed by atoms with Crippen molar-refractivity contribution in [2.24, 2.45) is 0 Å². The number of nitrogens with one attached hydrogen (secondary N) is 1. The lowest BCUT2D eigenvalue weighted by Crippen LogP contribution is -2.27. The van der Waals surface area contributed by atoms with Crippen LogP contribution in [-0.2, 0) is 11.2 Å². The molecule has 1 aromatic heterocycles. The van der Waals surface area contributed by atoms with Crippen LogP contribution in [-0.4, -0.2) is 24.0 Å². The number of carbonyl (C=O) groups excluding carboxylic acids is 1. The number of para-hydroxylation sites is 1. The molecule has 5 heteroatoms. The molecule has 27 heavy (non-hydrogen) atoms. The van der Waals surface area contributed by atoms with Crippen LogP contribution in [0.1, 0.15) is 23.4 Å². The number of benzene rings is 2. The van der Waals surface area contributed by atoms with Crippen molar-refractivity contribution in [3.05, 3.63) is 71.6 Å². The van der Waals surface area contributed by atoms with Crippen LogP contribution in [0.4, 0.5) is 0 Å². The Labute approximate surface area is 159 Å². The van der Waals surface area contributed by atoms with E-state index in [1.54, 1.807) is 0 Å². The summed E-state index contributed by atoms with van der Waals surface area (Å²) in [4.78, 5) is 16.5. The highest BCUT2D eigenvalue weighted by molar-refractivity contribution is 5.76. The van der Waals surface area contributed by atoms with E-state index in [9.17, 15) is 4.79 Å². The number of ether oxygens (including phenoxy) is 1. The highest BCUT2D eigenvalue weighted by atomic mass is 16.5. The predicted octanol–water partition coefficient (Wildman–Crippen LogP) is 4.09. The lowest BCUT2D eigenvalue weighted by atomic mass is 10.1. The van der Waals surface area contributed by atoms with Crippen molar-refractivity contribution in [3.63, 3.8) is 0 Å². The first-order valence-corrected chi connectivity index (χ1v) is 9.10. The number of hydrogen-bond acceptors (Lipinski definition) is 4. The molecule has 1 N–H and O–H groups in total. The zero-order chi connectivity index (χ0) is 19.1. The van der Waals surface area contributed by atoms with Crippen LogP contribution in [0.3, 0.4) is 0 Å². The monoisotopic (exact) mass is 364 g/mol. The predicted molar refractivity (Wildman–Crippen MR) is 105 cm³/mol. The Bertz CT molecular complexity index is 870. The van der Waals surface area contributed by atoms with Gasteiger partial charge in [-0.2, -0.15) is 0 Å². The van der Waals surface area contributed by atoms with Gasteiger partial charge in [0.25, 0.3) is 0 Å². The van der Waals surface area contributed by atoms with Crippen molar-refractivity contribution in [1.82, 2.24) is 10.3 Å².